The standard InChI is InChI=1S/C13H19NO4S2/c1-18-12(15)9-13(5-6-13)10-20(16,17)14-7-4-11-3-2-8-19-11/h2-3,8,14H,4-7,9-10H2,1H3. The molecule has 0 amide bonds. The molecule has 0 aliphatic heterocycles. The van der Waals surface area contributed by atoms with Gasteiger partial charge in [-0.1, -0.05) is 6.07 Å². The molecule has 0 atom stereocenters. The minimum Gasteiger partial charge on any atom is -0.469 e. The van der Waals surface area contributed by atoms with E-state index in [0.717, 1.165) is 17.7 Å². The number of carbonyl (C=O) groups is 1. The number of carbonyl (C=O) groups excluding carboxylic acids is 1. The van der Waals surface area contributed by atoms with E-state index in [9.17, 15) is 13.2 Å². The molecule has 1 N–H and O–H groups in total. The molecule has 7 heteroatoms. The average molecular weight is 317 g/mol. The van der Waals surface area contributed by atoms with Crippen molar-refractivity contribution >= 4 is 27.3 Å². The first kappa shape index (κ1) is 15.5. The molecule has 1 aromatic heterocycles. The van der Waals surface area contributed by atoms with Crippen LogP contribution in [0.4, 0.5) is 0 Å². The summed E-state index contributed by atoms with van der Waals surface area (Å²) in [7, 11) is -2.01. The van der Waals surface area contributed by atoms with E-state index >= 15 is 0 Å². The van der Waals surface area contributed by atoms with Crippen molar-refractivity contribution in [2.75, 3.05) is 19.4 Å². The molecule has 2 rings (SSSR count). The largest absolute Gasteiger partial charge is 0.469 e. The van der Waals surface area contributed by atoms with Crippen LogP contribution in [-0.4, -0.2) is 33.8 Å². The molecule has 112 valence electrons. The van der Waals surface area contributed by atoms with E-state index < -0.39 is 15.4 Å². The molecule has 1 aromatic rings. The Morgan fingerprint density at radius 1 is 1.50 bits per heavy atom. The molecule has 1 saturated carbocycles. The summed E-state index contributed by atoms with van der Waals surface area (Å²) in [5.41, 5.74) is -0.401. The second kappa shape index (κ2) is 6.24. The summed E-state index contributed by atoms with van der Waals surface area (Å²) in [4.78, 5) is 12.4. The Morgan fingerprint density at radius 2 is 2.25 bits per heavy atom. The summed E-state index contributed by atoms with van der Waals surface area (Å²) < 4.78 is 31.3. The van der Waals surface area contributed by atoms with Gasteiger partial charge >= 0.3 is 5.97 Å². The number of esters is 1. The van der Waals surface area contributed by atoms with Crippen LogP contribution in [0, 0.1) is 5.41 Å². The maximum atomic E-state index is 12.0. The van der Waals surface area contributed by atoms with Gasteiger partial charge in [0.25, 0.3) is 0 Å². The fourth-order valence-electron chi connectivity index (χ4n) is 2.17. The average Bonchev–Trinajstić information content (AvgIpc) is 2.91. The Labute approximate surface area is 123 Å². The van der Waals surface area contributed by atoms with E-state index in [-0.39, 0.29) is 18.1 Å². The molecule has 5 nitrogen and oxygen atoms in total. The minimum atomic E-state index is -3.34. The zero-order valence-electron chi connectivity index (χ0n) is 11.4. The molecule has 0 unspecified atom stereocenters. The van der Waals surface area contributed by atoms with Gasteiger partial charge in [0, 0.05) is 11.4 Å². The molecule has 1 aliphatic carbocycles. The maximum Gasteiger partial charge on any atom is 0.306 e. The van der Waals surface area contributed by atoms with Gasteiger partial charge in [-0.25, -0.2) is 13.1 Å². The van der Waals surface area contributed by atoms with Crippen LogP contribution in [0.1, 0.15) is 24.1 Å². The van der Waals surface area contributed by atoms with E-state index in [1.165, 1.54) is 7.11 Å². The number of nitrogens with one attached hydrogen (secondary N) is 1. The third-order valence-corrected chi connectivity index (χ3v) is 6.05. The quantitative estimate of drug-likeness (QED) is 0.739. The van der Waals surface area contributed by atoms with Crippen molar-refractivity contribution in [2.24, 2.45) is 5.41 Å². The predicted molar refractivity (Wildman–Crippen MR) is 78.1 cm³/mol. The fourth-order valence-corrected chi connectivity index (χ4v) is 4.59. The predicted octanol–water partition coefficient (Wildman–Crippen LogP) is 1.55. The number of methoxy groups -OCH3 is 1. The highest BCUT2D eigenvalue weighted by molar-refractivity contribution is 7.89. The number of thiophene rings is 1. The van der Waals surface area contributed by atoms with Gasteiger partial charge in [-0.05, 0) is 36.1 Å². The Balaban J connectivity index is 1.80. The van der Waals surface area contributed by atoms with Crippen LogP contribution in [0.5, 0.6) is 0 Å². The molecule has 1 heterocycles. The van der Waals surface area contributed by atoms with Crippen LogP contribution in [-0.2, 0) is 26.0 Å². The normalized spacial score (nSPS) is 16.9. The van der Waals surface area contributed by atoms with Crippen LogP contribution in [0.3, 0.4) is 0 Å². The summed E-state index contributed by atoms with van der Waals surface area (Å²) in [5.74, 6) is -0.323. The van der Waals surface area contributed by atoms with E-state index in [0.29, 0.717) is 13.0 Å². The zero-order chi connectivity index (χ0) is 14.6. The molecule has 20 heavy (non-hydrogen) atoms. The molecular weight excluding hydrogens is 298 g/mol. The topological polar surface area (TPSA) is 72.5 Å². The number of rotatable bonds is 8. The molecular formula is C13H19NO4S2. The summed E-state index contributed by atoms with van der Waals surface area (Å²) in [6, 6.07) is 3.93. The fraction of sp³-hybridized carbons (Fsp3) is 0.615. The van der Waals surface area contributed by atoms with Gasteiger partial charge in [0.05, 0.1) is 19.3 Å². The van der Waals surface area contributed by atoms with Gasteiger partial charge < -0.3 is 4.74 Å². The van der Waals surface area contributed by atoms with Crippen LogP contribution in [0.15, 0.2) is 17.5 Å². The molecule has 1 aliphatic rings. The number of ether oxygens (including phenoxy) is 1. The highest BCUT2D eigenvalue weighted by atomic mass is 32.2. The van der Waals surface area contributed by atoms with Crippen molar-refractivity contribution < 1.29 is 17.9 Å². The van der Waals surface area contributed by atoms with Gasteiger partial charge in [-0.3, -0.25) is 4.79 Å². The second-order valence-corrected chi connectivity index (χ2v) is 8.07. The van der Waals surface area contributed by atoms with E-state index in [2.05, 4.69) is 9.46 Å². The highest BCUT2D eigenvalue weighted by Gasteiger charge is 2.47. The molecule has 0 aromatic carbocycles. The highest BCUT2D eigenvalue weighted by Crippen LogP contribution is 2.49. The van der Waals surface area contributed by atoms with Crippen molar-refractivity contribution in [1.82, 2.24) is 4.72 Å². The lowest BCUT2D eigenvalue weighted by Gasteiger charge is -2.14. The zero-order valence-corrected chi connectivity index (χ0v) is 13.1. The van der Waals surface area contributed by atoms with E-state index in [1.807, 2.05) is 17.5 Å². The van der Waals surface area contributed by atoms with Gasteiger partial charge in [0.15, 0.2) is 0 Å². The lowest BCUT2D eigenvalue weighted by Crippen LogP contribution is -2.33. The van der Waals surface area contributed by atoms with Crippen LogP contribution in [0.2, 0.25) is 0 Å². The van der Waals surface area contributed by atoms with Crippen molar-refractivity contribution in [2.45, 2.75) is 25.7 Å². The molecule has 1 fully saturated rings. The number of sulfonamides is 1. The first-order chi connectivity index (χ1) is 9.45. The molecule has 0 bridgehead atoms. The summed E-state index contributed by atoms with van der Waals surface area (Å²) in [6.45, 7) is 0.400. The Bertz CT molecular complexity index is 547. The van der Waals surface area contributed by atoms with Crippen LogP contribution >= 0.6 is 11.3 Å². The minimum absolute atomic E-state index is 0.0134. The van der Waals surface area contributed by atoms with Crippen LogP contribution < -0.4 is 4.72 Å². The summed E-state index contributed by atoms with van der Waals surface area (Å²) >= 11 is 1.61. The monoisotopic (exact) mass is 317 g/mol. The third kappa shape index (κ3) is 4.57. The Hall–Kier alpha value is -0.920. The first-order valence-electron chi connectivity index (χ1n) is 6.51. The lowest BCUT2D eigenvalue weighted by atomic mass is 10.1. The SMILES string of the molecule is COC(=O)CC1(CS(=O)(=O)NCCc2cccs2)CC1. The van der Waals surface area contributed by atoms with Crippen molar-refractivity contribution in [3.63, 3.8) is 0 Å². The lowest BCUT2D eigenvalue weighted by molar-refractivity contribution is -0.141. The van der Waals surface area contributed by atoms with Gasteiger partial charge in [0.2, 0.25) is 10.0 Å². The molecule has 0 radical (unpaired) electrons. The number of hydrogen-bond donors (Lipinski definition) is 1. The second-order valence-electron chi connectivity index (χ2n) is 5.24. The van der Waals surface area contributed by atoms with Crippen LogP contribution in [0.25, 0.3) is 0 Å². The molecule has 0 spiro atoms. The maximum absolute atomic E-state index is 12.0. The van der Waals surface area contributed by atoms with Gasteiger partial charge in [-0.2, -0.15) is 0 Å². The van der Waals surface area contributed by atoms with Gasteiger partial charge in [0.1, 0.15) is 0 Å². The van der Waals surface area contributed by atoms with E-state index in [1.54, 1.807) is 11.3 Å². The summed E-state index contributed by atoms with van der Waals surface area (Å²) in [6.07, 6.45) is 2.43. The van der Waals surface area contributed by atoms with Crippen molar-refractivity contribution in [1.29, 1.82) is 0 Å². The smallest absolute Gasteiger partial charge is 0.306 e. The summed E-state index contributed by atoms with van der Waals surface area (Å²) in [5, 5.41) is 1.97. The van der Waals surface area contributed by atoms with E-state index in [4.69, 9.17) is 0 Å². The van der Waals surface area contributed by atoms with Gasteiger partial charge in [-0.15, -0.1) is 11.3 Å². The third-order valence-electron chi connectivity index (χ3n) is 3.47. The number of hydrogen-bond acceptors (Lipinski definition) is 5. The van der Waals surface area contributed by atoms with Crippen molar-refractivity contribution in [3.05, 3.63) is 22.4 Å². The Morgan fingerprint density at radius 3 is 2.80 bits per heavy atom. The van der Waals surface area contributed by atoms with Crippen molar-refractivity contribution in [3.8, 4) is 0 Å². The first-order valence-corrected chi connectivity index (χ1v) is 9.04. The Kier molecular flexibility index (Phi) is 4.82. The molecule has 0 saturated heterocycles.